The molecule has 0 spiro atoms. The topological polar surface area (TPSA) is 83.8 Å². The monoisotopic (exact) mass is 238 g/mol. The smallest absolute Gasteiger partial charge is 0.337 e. The molecule has 0 saturated carbocycles. The van der Waals surface area contributed by atoms with Gasteiger partial charge in [0.05, 0.1) is 7.11 Å². The number of aliphatic hydroxyl groups excluding tert-OH is 2. The van der Waals surface area contributed by atoms with E-state index in [0.29, 0.717) is 23.0 Å². The minimum Gasteiger partial charge on any atom is -0.467 e. The van der Waals surface area contributed by atoms with Crippen LogP contribution in [0.15, 0.2) is 18.2 Å². The molecule has 92 valence electrons. The number of hydrogen-bond donors (Lipinski definition) is 2. The maximum atomic E-state index is 11.1. The Morgan fingerprint density at radius 2 is 2.06 bits per heavy atom. The summed E-state index contributed by atoms with van der Waals surface area (Å²) in [7, 11) is 1.12. The minimum atomic E-state index is -1.67. The number of ether oxygens (including phenoxy) is 1. The van der Waals surface area contributed by atoms with E-state index in [1.807, 2.05) is 0 Å². The Kier molecular flexibility index (Phi) is 4.37. The van der Waals surface area contributed by atoms with Crippen molar-refractivity contribution >= 4 is 12.3 Å². The molecule has 0 saturated heterocycles. The molecule has 0 heterocycles. The molecule has 5 heteroatoms. The van der Waals surface area contributed by atoms with E-state index < -0.39 is 18.2 Å². The Bertz CT molecular complexity index is 427. The van der Waals surface area contributed by atoms with Crippen LogP contribution in [0.25, 0.3) is 0 Å². The third kappa shape index (κ3) is 2.89. The van der Waals surface area contributed by atoms with Gasteiger partial charge in [-0.15, -0.1) is 0 Å². The molecule has 0 fully saturated rings. The maximum Gasteiger partial charge on any atom is 0.337 e. The van der Waals surface area contributed by atoms with E-state index in [1.165, 1.54) is 6.07 Å². The molecule has 2 unspecified atom stereocenters. The Hall–Kier alpha value is -1.72. The fourth-order valence-corrected chi connectivity index (χ4v) is 1.47. The van der Waals surface area contributed by atoms with Gasteiger partial charge in [0, 0.05) is 5.56 Å². The van der Waals surface area contributed by atoms with E-state index in [-0.39, 0.29) is 0 Å². The summed E-state index contributed by atoms with van der Waals surface area (Å²) in [6.07, 6.45) is -2.46. The van der Waals surface area contributed by atoms with Gasteiger partial charge in [-0.1, -0.05) is 12.1 Å². The van der Waals surface area contributed by atoms with Crippen LogP contribution in [0.1, 0.15) is 27.6 Å². The molecule has 0 radical (unpaired) electrons. The number of benzene rings is 1. The summed E-state index contributed by atoms with van der Waals surface area (Å²) in [5, 5.41) is 19.3. The quantitative estimate of drug-likeness (QED) is 0.585. The molecule has 1 aromatic carbocycles. The Balaban J connectivity index is 3.06. The highest BCUT2D eigenvalue weighted by molar-refractivity contribution is 5.77. The van der Waals surface area contributed by atoms with Gasteiger partial charge in [0.2, 0.25) is 0 Å². The molecule has 2 N–H and O–H groups in total. The first-order valence-corrected chi connectivity index (χ1v) is 5.01. The number of rotatable bonds is 4. The van der Waals surface area contributed by atoms with Crippen molar-refractivity contribution in [3.8, 4) is 0 Å². The number of esters is 1. The number of aliphatic hydroxyl groups is 2. The zero-order chi connectivity index (χ0) is 13.0. The Labute approximate surface area is 98.6 Å². The lowest BCUT2D eigenvalue weighted by molar-refractivity contribution is -0.156. The lowest BCUT2D eigenvalue weighted by atomic mass is 9.97. The highest BCUT2D eigenvalue weighted by Gasteiger charge is 2.27. The summed E-state index contributed by atoms with van der Waals surface area (Å²) in [6.45, 7) is 1.71. The van der Waals surface area contributed by atoms with E-state index in [2.05, 4.69) is 4.74 Å². The normalized spacial score (nSPS) is 13.9. The van der Waals surface area contributed by atoms with Crippen LogP contribution in [0.4, 0.5) is 0 Å². The van der Waals surface area contributed by atoms with E-state index in [1.54, 1.807) is 19.1 Å². The second-order valence-corrected chi connectivity index (χ2v) is 3.65. The lowest BCUT2D eigenvalue weighted by Gasteiger charge is -2.18. The minimum absolute atomic E-state index is 0.326. The van der Waals surface area contributed by atoms with Crippen LogP contribution in [0.2, 0.25) is 0 Å². The van der Waals surface area contributed by atoms with Crippen molar-refractivity contribution in [2.24, 2.45) is 0 Å². The molecule has 2 atom stereocenters. The fraction of sp³-hybridized carbons (Fsp3) is 0.333. The van der Waals surface area contributed by atoms with Crippen LogP contribution in [0, 0.1) is 6.92 Å². The summed E-state index contributed by atoms with van der Waals surface area (Å²) in [4.78, 5) is 21.7. The fourth-order valence-electron chi connectivity index (χ4n) is 1.47. The first-order chi connectivity index (χ1) is 8.01. The van der Waals surface area contributed by atoms with Crippen LogP contribution in [0.3, 0.4) is 0 Å². The van der Waals surface area contributed by atoms with Crippen molar-refractivity contribution < 1.29 is 24.5 Å². The Morgan fingerprint density at radius 3 is 2.59 bits per heavy atom. The first kappa shape index (κ1) is 13.3. The van der Waals surface area contributed by atoms with Gasteiger partial charge in [-0.05, 0) is 24.1 Å². The van der Waals surface area contributed by atoms with Gasteiger partial charge in [0.25, 0.3) is 0 Å². The van der Waals surface area contributed by atoms with Gasteiger partial charge < -0.3 is 14.9 Å². The van der Waals surface area contributed by atoms with Crippen molar-refractivity contribution in [1.29, 1.82) is 0 Å². The van der Waals surface area contributed by atoms with Crippen LogP contribution >= 0.6 is 0 Å². The number of carbonyl (C=O) groups excluding carboxylic acids is 2. The number of carbonyl (C=O) groups is 2. The van der Waals surface area contributed by atoms with Gasteiger partial charge in [-0.2, -0.15) is 0 Å². The molecule has 0 aliphatic heterocycles. The molecule has 5 nitrogen and oxygen atoms in total. The predicted molar refractivity (Wildman–Crippen MR) is 59.5 cm³/mol. The third-order valence-corrected chi connectivity index (χ3v) is 2.50. The molecule has 0 aliphatic rings. The number of methoxy groups -OCH3 is 1. The number of hydrogen-bond acceptors (Lipinski definition) is 5. The first-order valence-electron chi connectivity index (χ1n) is 5.01. The molecule has 1 rings (SSSR count). The molecule has 1 aromatic rings. The van der Waals surface area contributed by atoms with Gasteiger partial charge in [0.15, 0.2) is 6.10 Å². The summed E-state index contributed by atoms with van der Waals surface area (Å²) < 4.78 is 4.33. The number of aryl methyl sites for hydroxylation is 1. The van der Waals surface area contributed by atoms with E-state index in [0.717, 1.165) is 7.11 Å². The van der Waals surface area contributed by atoms with Crippen molar-refractivity contribution in [2.75, 3.05) is 7.11 Å². The Morgan fingerprint density at radius 1 is 1.41 bits per heavy atom. The zero-order valence-electron chi connectivity index (χ0n) is 9.58. The summed E-state index contributed by atoms with van der Waals surface area (Å²) in [6, 6.07) is 4.65. The van der Waals surface area contributed by atoms with Crippen molar-refractivity contribution in [2.45, 2.75) is 19.1 Å². The predicted octanol–water partition coefficient (Wildman–Crippen LogP) is 0.375. The maximum absolute atomic E-state index is 11.1. The average molecular weight is 238 g/mol. The highest BCUT2D eigenvalue weighted by atomic mass is 16.5. The van der Waals surface area contributed by atoms with Crippen LogP contribution in [-0.2, 0) is 9.53 Å². The largest absolute Gasteiger partial charge is 0.467 e. The standard InChI is InChI=1S/C12H14O5/c1-7-3-4-8(6-13)5-9(7)10(14)11(15)12(16)17-2/h3-6,10-11,14-15H,1-2H3. The summed E-state index contributed by atoms with van der Waals surface area (Å²) in [5.41, 5.74) is 1.36. The van der Waals surface area contributed by atoms with Crippen molar-refractivity contribution in [3.05, 3.63) is 34.9 Å². The van der Waals surface area contributed by atoms with Gasteiger partial charge >= 0.3 is 5.97 Å². The second-order valence-electron chi connectivity index (χ2n) is 3.65. The van der Waals surface area contributed by atoms with E-state index in [4.69, 9.17) is 0 Å². The summed E-state index contributed by atoms with van der Waals surface area (Å²) >= 11 is 0. The molecule has 17 heavy (non-hydrogen) atoms. The number of aldehydes is 1. The van der Waals surface area contributed by atoms with Gasteiger partial charge in [-0.3, -0.25) is 4.79 Å². The van der Waals surface area contributed by atoms with Gasteiger partial charge in [0.1, 0.15) is 12.4 Å². The second kappa shape index (κ2) is 5.56. The third-order valence-electron chi connectivity index (χ3n) is 2.50. The van der Waals surface area contributed by atoms with Crippen molar-refractivity contribution in [1.82, 2.24) is 0 Å². The lowest BCUT2D eigenvalue weighted by Crippen LogP contribution is -2.29. The van der Waals surface area contributed by atoms with Crippen molar-refractivity contribution in [3.63, 3.8) is 0 Å². The average Bonchev–Trinajstić information content (AvgIpc) is 2.36. The molecule has 0 aromatic heterocycles. The zero-order valence-corrected chi connectivity index (χ0v) is 9.58. The molecule has 0 aliphatic carbocycles. The van der Waals surface area contributed by atoms with E-state index in [9.17, 15) is 19.8 Å². The van der Waals surface area contributed by atoms with Crippen LogP contribution in [-0.4, -0.2) is 35.7 Å². The van der Waals surface area contributed by atoms with Crippen LogP contribution < -0.4 is 0 Å². The highest BCUT2D eigenvalue weighted by Crippen LogP contribution is 2.22. The molecule has 0 bridgehead atoms. The molecular formula is C12H14O5. The van der Waals surface area contributed by atoms with E-state index >= 15 is 0 Å². The SMILES string of the molecule is COC(=O)C(O)C(O)c1cc(C=O)ccc1C. The van der Waals surface area contributed by atoms with Crippen LogP contribution in [0.5, 0.6) is 0 Å². The van der Waals surface area contributed by atoms with Gasteiger partial charge in [-0.25, -0.2) is 4.79 Å². The molecular weight excluding hydrogens is 224 g/mol. The molecule has 0 amide bonds. The summed E-state index contributed by atoms with van der Waals surface area (Å²) in [5.74, 6) is -0.923.